The molecule has 1 aromatic rings. The van der Waals surface area contributed by atoms with E-state index in [2.05, 4.69) is 26.5 Å². The van der Waals surface area contributed by atoms with Gasteiger partial charge in [0.2, 0.25) is 5.13 Å². The summed E-state index contributed by atoms with van der Waals surface area (Å²) in [6.45, 7) is 6.26. The fraction of sp³-hybridized carbons (Fsp3) is 0.833. The zero-order chi connectivity index (χ0) is 12.8. The summed E-state index contributed by atoms with van der Waals surface area (Å²) < 4.78 is 9.34. The minimum atomic E-state index is 0.654. The molecule has 102 valence electrons. The van der Waals surface area contributed by atoms with E-state index >= 15 is 0 Å². The van der Waals surface area contributed by atoms with Crippen molar-refractivity contribution >= 4 is 16.7 Å². The van der Waals surface area contributed by atoms with E-state index in [4.69, 9.17) is 4.74 Å². The van der Waals surface area contributed by atoms with E-state index in [9.17, 15) is 0 Å². The van der Waals surface area contributed by atoms with E-state index in [0.29, 0.717) is 12.6 Å². The number of nitrogens with one attached hydrogen (secondary N) is 1. The van der Waals surface area contributed by atoms with Crippen molar-refractivity contribution in [2.24, 2.45) is 0 Å². The molecule has 0 bridgehead atoms. The third-order valence-electron chi connectivity index (χ3n) is 3.39. The Kier molecular flexibility index (Phi) is 5.34. The molecule has 1 unspecified atom stereocenters. The Labute approximate surface area is 113 Å². The van der Waals surface area contributed by atoms with Gasteiger partial charge in [0.25, 0.3) is 0 Å². The number of ether oxygens (including phenoxy) is 1. The maximum absolute atomic E-state index is 5.02. The molecule has 5 nitrogen and oxygen atoms in total. The van der Waals surface area contributed by atoms with Gasteiger partial charge in [0.1, 0.15) is 5.82 Å². The van der Waals surface area contributed by atoms with Gasteiger partial charge in [-0.2, -0.15) is 4.37 Å². The number of hydrogen-bond acceptors (Lipinski definition) is 6. The largest absolute Gasteiger partial charge is 0.384 e. The van der Waals surface area contributed by atoms with Crippen LogP contribution in [0.25, 0.3) is 0 Å². The minimum absolute atomic E-state index is 0.654. The quantitative estimate of drug-likeness (QED) is 0.816. The Balaban J connectivity index is 1.77. The van der Waals surface area contributed by atoms with Crippen molar-refractivity contribution in [2.45, 2.75) is 32.2 Å². The van der Waals surface area contributed by atoms with Crippen LogP contribution in [0.5, 0.6) is 0 Å². The molecule has 18 heavy (non-hydrogen) atoms. The monoisotopic (exact) mass is 270 g/mol. The van der Waals surface area contributed by atoms with Gasteiger partial charge in [-0.05, 0) is 25.9 Å². The van der Waals surface area contributed by atoms with E-state index in [1.807, 2.05) is 0 Å². The van der Waals surface area contributed by atoms with Crippen molar-refractivity contribution in [3.63, 3.8) is 0 Å². The van der Waals surface area contributed by atoms with Crippen LogP contribution in [0.2, 0.25) is 0 Å². The Hall–Kier alpha value is -0.720. The van der Waals surface area contributed by atoms with Crippen molar-refractivity contribution < 1.29 is 4.74 Å². The average molecular weight is 270 g/mol. The fourth-order valence-electron chi connectivity index (χ4n) is 2.37. The van der Waals surface area contributed by atoms with Gasteiger partial charge < -0.3 is 10.1 Å². The van der Waals surface area contributed by atoms with E-state index < -0.39 is 0 Å². The van der Waals surface area contributed by atoms with Crippen LogP contribution in [0.1, 0.15) is 25.6 Å². The van der Waals surface area contributed by atoms with Crippen LogP contribution in [0.3, 0.4) is 0 Å². The first-order valence-corrected chi connectivity index (χ1v) is 7.40. The van der Waals surface area contributed by atoms with Crippen LogP contribution >= 0.6 is 11.5 Å². The molecule has 1 aliphatic heterocycles. The molecule has 6 heteroatoms. The van der Waals surface area contributed by atoms with Gasteiger partial charge in [-0.15, -0.1) is 0 Å². The highest BCUT2D eigenvalue weighted by Gasteiger charge is 2.22. The van der Waals surface area contributed by atoms with Crippen molar-refractivity contribution in [2.75, 3.05) is 38.7 Å². The van der Waals surface area contributed by atoms with Crippen LogP contribution in [0.15, 0.2) is 0 Å². The lowest BCUT2D eigenvalue weighted by molar-refractivity contribution is 0.201. The maximum Gasteiger partial charge on any atom is 0.202 e. The van der Waals surface area contributed by atoms with Gasteiger partial charge in [0.15, 0.2) is 0 Å². The summed E-state index contributed by atoms with van der Waals surface area (Å²) in [5.74, 6) is 0.878. The summed E-state index contributed by atoms with van der Waals surface area (Å²) in [4.78, 5) is 6.99. The van der Waals surface area contributed by atoms with Crippen LogP contribution < -0.4 is 5.32 Å². The lowest BCUT2D eigenvalue weighted by Gasteiger charge is -2.22. The molecule has 2 rings (SSSR count). The predicted molar refractivity (Wildman–Crippen MR) is 74.2 cm³/mol. The number of hydrogen-bond donors (Lipinski definition) is 1. The van der Waals surface area contributed by atoms with Crippen LogP contribution in [-0.4, -0.2) is 53.7 Å². The molecule has 0 spiro atoms. The molecule has 1 saturated heterocycles. The Morgan fingerprint density at radius 2 is 2.44 bits per heavy atom. The van der Waals surface area contributed by atoms with Gasteiger partial charge in [0.05, 0.1) is 6.61 Å². The highest BCUT2D eigenvalue weighted by Crippen LogP contribution is 2.18. The maximum atomic E-state index is 5.02. The molecule has 1 N–H and O–H groups in total. The predicted octanol–water partition coefficient (Wildman–Crippen LogP) is 1.62. The standard InChI is InChI=1S/C12H22N4OS/c1-3-16-7-4-5-10(16)9-13-12-14-11(15-18-12)6-8-17-2/h10H,3-9H2,1-2H3,(H,13,14,15). The van der Waals surface area contributed by atoms with Gasteiger partial charge in [-0.1, -0.05) is 6.92 Å². The number of nitrogens with zero attached hydrogens (tertiary/aromatic N) is 3. The minimum Gasteiger partial charge on any atom is -0.384 e. The highest BCUT2D eigenvalue weighted by molar-refractivity contribution is 7.09. The number of anilines is 1. The summed E-state index contributed by atoms with van der Waals surface area (Å²) in [6.07, 6.45) is 3.39. The lowest BCUT2D eigenvalue weighted by Crippen LogP contribution is -2.34. The SMILES string of the molecule is CCN1CCCC1CNc1nc(CCOC)ns1. The van der Waals surface area contributed by atoms with E-state index in [0.717, 1.165) is 30.5 Å². The molecule has 1 fully saturated rings. The number of rotatable bonds is 7. The summed E-state index contributed by atoms with van der Waals surface area (Å²) in [6, 6.07) is 0.654. The Morgan fingerprint density at radius 1 is 1.56 bits per heavy atom. The van der Waals surface area contributed by atoms with Gasteiger partial charge in [0, 0.05) is 37.6 Å². The Bertz CT molecular complexity index is 358. The normalized spacial score (nSPS) is 20.4. The molecular weight excluding hydrogens is 248 g/mol. The second-order valence-electron chi connectivity index (χ2n) is 4.56. The molecule has 1 aromatic heterocycles. The highest BCUT2D eigenvalue weighted by atomic mass is 32.1. The second-order valence-corrected chi connectivity index (χ2v) is 5.32. The van der Waals surface area contributed by atoms with Crippen LogP contribution in [-0.2, 0) is 11.2 Å². The van der Waals surface area contributed by atoms with Crippen molar-refractivity contribution in [3.8, 4) is 0 Å². The second kappa shape index (κ2) is 7.01. The summed E-state index contributed by atoms with van der Waals surface area (Å²) in [5.41, 5.74) is 0. The third kappa shape index (κ3) is 3.63. The van der Waals surface area contributed by atoms with E-state index in [-0.39, 0.29) is 0 Å². The van der Waals surface area contributed by atoms with E-state index in [1.54, 1.807) is 7.11 Å². The van der Waals surface area contributed by atoms with Crippen LogP contribution in [0, 0.1) is 0 Å². The number of likely N-dealkylation sites (N-methyl/N-ethyl adjacent to an activating group) is 1. The molecule has 0 radical (unpaired) electrons. The first kappa shape index (κ1) is 13.7. The summed E-state index contributed by atoms with van der Waals surface area (Å²) >= 11 is 1.45. The number of methoxy groups -OCH3 is 1. The third-order valence-corrected chi connectivity index (χ3v) is 4.10. The fourth-order valence-corrected chi connectivity index (χ4v) is 2.99. The molecule has 0 saturated carbocycles. The molecule has 0 aromatic carbocycles. The summed E-state index contributed by atoms with van der Waals surface area (Å²) in [5, 5.41) is 4.34. The van der Waals surface area contributed by atoms with Gasteiger partial charge >= 0.3 is 0 Å². The number of aromatic nitrogens is 2. The number of likely N-dealkylation sites (tertiary alicyclic amines) is 1. The van der Waals surface area contributed by atoms with Crippen molar-refractivity contribution in [3.05, 3.63) is 5.82 Å². The Morgan fingerprint density at radius 3 is 3.22 bits per heavy atom. The van der Waals surface area contributed by atoms with Gasteiger partial charge in [-0.3, -0.25) is 4.90 Å². The average Bonchev–Trinajstić information content (AvgIpc) is 3.02. The zero-order valence-corrected chi connectivity index (χ0v) is 12.0. The topological polar surface area (TPSA) is 50.3 Å². The molecule has 1 atom stereocenters. The molecule has 2 heterocycles. The van der Waals surface area contributed by atoms with Crippen molar-refractivity contribution in [1.29, 1.82) is 0 Å². The molecule has 0 aliphatic carbocycles. The molecule has 1 aliphatic rings. The molecule has 0 amide bonds. The first-order valence-electron chi connectivity index (χ1n) is 6.63. The van der Waals surface area contributed by atoms with Crippen LogP contribution in [0.4, 0.5) is 5.13 Å². The lowest BCUT2D eigenvalue weighted by atomic mass is 10.2. The smallest absolute Gasteiger partial charge is 0.202 e. The molecular formula is C12H22N4OS. The summed E-state index contributed by atoms with van der Waals surface area (Å²) in [7, 11) is 1.70. The van der Waals surface area contributed by atoms with Crippen molar-refractivity contribution in [1.82, 2.24) is 14.3 Å². The first-order chi connectivity index (χ1) is 8.83. The van der Waals surface area contributed by atoms with Gasteiger partial charge in [-0.25, -0.2) is 4.98 Å². The zero-order valence-electron chi connectivity index (χ0n) is 11.2. The van der Waals surface area contributed by atoms with E-state index in [1.165, 1.54) is 30.9 Å².